The summed E-state index contributed by atoms with van der Waals surface area (Å²) in [6.45, 7) is 1.99. The number of carbonyl (C=O) groups is 2. The van der Waals surface area contributed by atoms with Crippen molar-refractivity contribution in [1.29, 1.82) is 0 Å². The van der Waals surface area contributed by atoms with E-state index in [-0.39, 0.29) is 18.2 Å². The zero-order chi connectivity index (χ0) is 21.6. The summed E-state index contributed by atoms with van der Waals surface area (Å²) in [4.78, 5) is 29.3. The van der Waals surface area contributed by atoms with E-state index in [9.17, 15) is 9.59 Å². The number of hydrogen-bond acceptors (Lipinski definition) is 5. The monoisotopic (exact) mass is 431 g/mol. The van der Waals surface area contributed by atoms with Crippen molar-refractivity contribution >= 4 is 40.1 Å². The van der Waals surface area contributed by atoms with Crippen LogP contribution in [-0.4, -0.2) is 22.2 Å². The van der Waals surface area contributed by atoms with E-state index in [1.165, 1.54) is 11.8 Å². The molecule has 1 saturated heterocycles. The third kappa shape index (κ3) is 5.73. The van der Waals surface area contributed by atoms with Crippen molar-refractivity contribution in [2.75, 3.05) is 5.32 Å². The molecule has 0 saturated carbocycles. The van der Waals surface area contributed by atoms with E-state index < -0.39 is 5.25 Å². The first-order valence-electron chi connectivity index (χ1n) is 9.81. The molecule has 1 fully saturated rings. The highest BCUT2D eigenvalue weighted by atomic mass is 32.2. The van der Waals surface area contributed by atoms with Crippen LogP contribution in [0.1, 0.15) is 12.0 Å². The Hall–Kier alpha value is -3.58. The maximum Gasteiger partial charge on any atom is 0.238 e. The summed E-state index contributed by atoms with van der Waals surface area (Å²) in [6, 6.07) is 24.2. The minimum Gasteiger partial charge on any atom is -0.457 e. The summed E-state index contributed by atoms with van der Waals surface area (Å²) in [6.07, 6.45) is 0.0959. The molecule has 4 rings (SSSR count). The summed E-state index contributed by atoms with van der Waals surface area (Å²) in [5, 5.41) is 5.47. The highest BCUT2D eigenvalue weighted by Crippen LogP contribution is 2.26. The van der Waals surface area contributed by atoms with Gasteiger partial charge in [-0.2, -0.15) is 0 Å². The van der Waals surface area contributed by atoms with Crippen LogP contribution >= 0.6 is 11.8 Å². The maximum atomic E-state index is 12.7. The number of amides is 2. The number of nitrogens with zero attached hydrogens (tertiary/aromatic N) is 1. The molecule has 156 valence electrons. The molecule has 7 heteroatoms. The van der Waals surface area contributed by atoms with E-state index in [0.29, 0.717) is 16.6 Å². The fourth-order valence-corrected chi connectivity index (χ4v) is 3.94. The molecule has 2 amide bonds. The third-order valence-electron chi connectivity index (χ3n) is 4.53. The van der Waals surface area contributed by atoms with Crippen molar-refractivity contribution in [2.24, 2.45) is 4.99 Å². The zero-order valence-corrected chi connectivity index (χ0v) is 17.7. The molecule has 2 N–H and O–H groups in total. The van der Waals surface area contributed by atoms with Gasteiger partial charge in [-0.3, -0.25) is 9.59 Å². The molecule has 0 bridgehead atoms. The molecular weight excluding hydrogens is 410 g/mol. The van der Waals surface area contributed by atoms with Gasteiger partial charge in [0.1, 0.15) is 16.7 Å². The van der Waals surface area contributed by atoms with Gasteiger partial charge in [-0.1, -0.05) is 47.7 Å². The first kappa shape index (κ1) is 20.7. The van der Waals surface area contributed by atoms with Gasteiger partial charge in [0, 0.05) is 12.1 Å². The molecule has 1 heterocycles. The lowest BCUT2D eigenvalue weighted by Gasteiger charge is -2.22. The van der Waals surface area contributed by atoms with Crippen molar-refractivity contribution in [1.82, 2.24) is 5.32 Å². The number of para-hydroxylation sites is 1. The number of benzene rings is 3. The van der Waals surface area contributed by atoms with E-state index in [0.717, 1.165) is 17.0 Å². The van der Waals surface area contributed by atoms with Gasteiger partial charge < -0.3 is 15.4 Å². The summed E-state index contributed by atoms with van der Waals surface area (Å²) in [5.74, 6) is 0.942. The van der Waals surface area contributed by atoms with Crippen LogP contribution in [0.3, 0.4) is 0 Å². The molecule has 1 atom stereocenters. The van der Waals surface area contributed by atoms with E-state index in [1.807, 2.05) is 61.5 Å². The predicted octanol–water partition coefficient (Wildman–Crippen LogP) is 5.04. The maximum absolute atomic E-state index is 12.7. The summed E-state index contributed by atoms with van der Waals surface area (Å²) < 4.78 is 5.76. The Bertz CT molecular complexity index is 1100. The zero-order valence-electron chi connectivity index (χ0n) is 16.9. The average Bonchev–Trinajstić information content (AvgIpc) is 2.77. The van der Waals surface area contributed by atoms with Gasteiger partial charge in [-0.25, -0.2) is 4.99 Å². The number of nitrogens with one attached hydrogen (secondary N) is 2. The van der Waals surface area contributed by atoms with Crippen molar-refractivity contribution in [3.63, 3.8) is 0 Å². The predicted molar refractivity (Wildman–Crippen MR) is 124 cm³/mol. The number of ether oxygens (including phenoxy) is 1. The molecule has 0 spiro atoms. The van der Waals surface area contributed by atoms with Crippen LogP contribution in [0.25, 0.3) is 0 Å². The molecule has 3 aromatic rings. The first-order chi connectivity index (χ1) is 15.0. The number of aliphatic imine (C=N–C) groups is 1. The van der Waals surface area contributed by atoms with Crippen LogP contribution in [0, 0.1) is 6.92 Å². The van der Waals surface area contributed by atoms with Crippen LogP contribution < -0.4 is 15.4 Å². The minimum absolute atomic E-state index is 0.0959. The third-order valence-corrected chi connectivity index (χ3v) is 5.61. The van der Waals surface area contributed by atoms with Crippen molar-refractivity contribution in [3.05, 3.63) is 84.4 Å². The number of carbonyl (C=O) groups excluding carboxylic acids is 2. The average molecular weight is 432 g/mol. The Morgan fingerprint density at radius 2 is 1.68 bits per heavy atom. The standard InChI is InChI=1S/C24H21N3O3S/c1-16-7-9-18(10-8-16)26-24-27-22(28)15-21(31-24)23(29)25-17-11-13-20(14-12-17)30-19-5-3-2-4-6-19/h2-14,21H,15H2,1H3,(H,25,29)(H,26,27,28). The fraction of sp³-hybridized carbons (Fsp3) is 0.125. The highest BCUT2D eigenvalue weighted by molar-refractivity contribution is 8.15. The lowest BCUT2D eigenvalue weighted by molar-refractivity contribution is -0.123. The number of hydrogen-bond donors (Lipinski definition) is 2. The van der Waals surface area contributed by atoms with Gasteiger partial charge in [0.15, 0.2) is 5.17 Å². The number of thioether (sulfide) groups is 1. The van der Waals surface area contributed by atoms with Crippen LogP contribution in [-0.2, 0) is 9.59 Å². The van der Waals surface area contributed by atoms with Crippen molar-refractivity contribution in [3.8, 4) is 11.5 Å². The normalized spacial score (nSPS) is 17.1. The van der Waals surface area contributed by atoms with Crippen LogP contribution in [0.2, 0.25) is 0 Å². The van der Waals surface area contributed by atoms with Gasteiger partial charge >= 0.3 is 0 Å². The van der Waals surface area contributed by atoms with Crippen LogP contribution in [0.4, 0.5) is 11.4 Å². The van der Waals surface area contributed by atoms with Crippen molar-refractivity contribution < 1.29 is 14.3 Å². The Morgan fingerprint density at radius 3 is 2.39 bits per heavy atom. The second-order valence-corrected chi connectivity index (χ2v) is 8.23. The quantitative estimate of drug-likeness (QED) is 0.593. The second-order valence-electron chi connectivity index (χ2n) is 7.04. The van der Waals surface area contributed by atoms with E-state index in [1.54, 1.807) is 24.3 Å². The van der Waals surface area contributed by atoms with E-state index in [4.69, 9.17) is 4.74 Å². The minimum atomic E-state index is -0.557. The molecule has 0 radical (unpaired) electrons. The molecule has 6 nitrogen and oxygen atoms in total. The summed E-state index contributed by atoms with van der Waals surface area (Å²) in [7, 11) is 0. The Balaban J connectivity index is 1.39. The smallest absolute Gasteiger partial charge is 0.238 e. The van der Waals surface area contributed by atoms with Gasteiger partial charge in [-0.05, 0) is 55.5 Å². The van der Waals surface area contributed by atoms with E-state index >= 15 is 0 Å². The largest absolute Gasteiger partial charge is 0.457 e. The molecule has 1 aliphatic rings. The molecule has 1 unspecified atom stereocenters. The molecule has 0 aromatic heterocycles. The fourth-order valence-electron chi connectivity index (χ4n) is 2.94. The van der Waals surface area contributed by atoms with Gasteiger partial charge in [0.25, 0.3) is 0 Å². The number of anilines is 1. The molecule has 0 aliphatic carbocycles. The lowest BCUT2D eigenvalue weighted by atomic mass is 10.2. The van der Waals surface area contributed by atoms with Gasteiger partial charge in [-0.15, -0.1) is 0 Å². The van der Waals surface area contributed by atoms with E-state index in [2.05, 4.69) is 15.6 Å². The Labute approximate surface area is 184 Å². The van der Waals surface area contributed by atoms with Crippen LogP contribution in [0.5, 0.6) is 11.5 Å². The molecule has 3 aromatic carbocycles. The Kier molecular flexibility index (Phi) is 6.33. The molecule has 1 aliphatic heterocycles. The summed E-state index contributed by atoms with van der Waals surface area (Å²) in [5.41, 5.74) is 2.49. The summed E-state index contributed by atoms with van der Waals surface area (Å²) >= 11 is 1.25. The highest BCUT2D eigenvalue weighted by Gasteiger charge is 2.30. The number of rotatable bonds is 5. The lowest BCUT2D eigenvalue weighted by Crippen LogP contribution is -2.41. The Morgan fingerprint density at radius 1 is 1.00 bits per heavy atom. The second kappa shape index (κ2) is 9.49. The van der Waals surface area contributed by atoms with Gasteiger partial charge in [0.05, 0.1) is 5.69 Å². The van der Waals surface area contributed by atoms with Gasteiger partial charge in [0.2, 0.25) is 11.8 Å². The molecule has 31 heavy (non-hydrogen) atoms. The SMILES string of the molecule is Cc1ccc(N=C2NC(=O)CC(C(=O)Nc3ccc(Oc4ccccc4)cc3)S2)cc1. The topological polar surface area (TPSA) is 79.8 Å². The first-order valence-corrected chi connectivity index (χ1v) is 10.7. The molecular formula is C24H21N3O3S. The van der Waals surface area contributed by atoms with Crippen LogP contribution in [0.15, 0.2) is 83.9 Å². The number of amidine groups is 1. The number of aryl methyl sites for hydroxylation is 1. The van der Waals surface area contributed by atoms with Crippen molar-refractivity contribution in [2.45, 2.75) is 18.6 Å².